The van der Waals surface area contributed by atoms with E-state index in [-0.39, 0.29) is 24.8 Å². The van der Waals surface area contributed by atoms with Gasteiger partial charge in [-0.25, -0.2) is 0 Å². The van der Waals surface area contributed by atoms with Crippen LogP contribution in [0.25, 0.3) is 0 Å². The molecular formula is C20H36Cl2SiTi. The van der Waals surface area contributed by atoms with Crippen LogP contribution in [0.1, 0.15) is 55.4 Å². The van der Waals surface area contributed by atoms with Gasteiger partial charge in [-0.15, -0.1) is 24.8 Å². The molecule has 0 nitrogen and oxygen atoms in total. The van der Waals surface area contributed by atoms with Gasteiger partial charge < -0.3 is 0 Å². The molecule has 0 saturated carbocycles. The molecule has 2 aliphatic rings. The molecule has 2 rings (SSSR count). The third-order valence-corrected chi connectivity index (χ3v) is 26.7. The molecule has 0 heterocycles. The zero-order valence-electron chi connectivity index (χ0n) is 16.7. The van der Waals surface area contributed by atoms with Crippen molar-refractivity contribution in [3.8, 4) is 0 Å². The van der Waals surface area contributed by atoms with Crippen molar-refractivity contribution in [3.63, 3.8) is 0 Å². The Morgan fingerprint density at radius 2 is 1.08 bits per heavy atom. The second-order valence-corrected chi connectivity index (χ2v) is 25.0. The van der Waals surface area contributed by atoms with E-state index in [0.29, 0.717) is 11.8 Å². The van der Waals surface area contributed by atoms with E-state index in [1.807, 2.05) is 7.76 Å². The van der Waals surface area contributed by atoms with Gasteiger partial charge in [-0.05, 0) is 0 Å². The maximum atomic E-state index is 2.48. The van der Waals surface area contributed by atoms with Crippen molar-refractivity contribution < 1.29 is 14.0 Å². The first-order chi connectivity index (χ1) is 10.1. The molecule has 2 atom stereocenters. The maximum absolute atomic E-state index is 2.89. The van der Waals surface area contributed by atoms with Gasteiger partial charge in [0.2, 0.25) is 0 Å². The first-order valence-corrected chi connectivity index (χ1v) is 16.7. The largest absolute Gasteiger partial charge is 0.147 e. The third kappa shape index (κ3) is 3.25. The number of hydrogen-bond donors (Lipinski definition) is 0. The molecule has 2 aliphatic carbocycles. The van der Waals surface area contributed by atoms with Crippen molar-refractivity contribution in [2.45, 2.75) is 64.8 Å². The minimum atomic E-state index is -2.89. The van der Waals surface area contributed by atoms with Crippen LogP contribution in [0.3, 0.4) is 0 Å². The molecule has 0 aromatic heterocycles. The van der Waals surface area contributed by atoms with Gasteiger partial charge >= 0.3 is 141 Å². The Morgan fingerprint density at radius 1 is 0.792 bits per heavy atom. The summed E-state index contributed by atoms with van der Waals surface area (Å²) in [7, 11) is 2.47. The van der Waals surface area contributed by atoms with E-state index in [1.165, 1.54) is 9.45 Å². The Labute approximate surface area is 164 Å². The van der Waals surface area contributed by atoms with Gasteiger partial charge in [-0.3, -0.25) is 0 Å². The summed E-state index contributed by atoms with van der Waals surface area (Å²) in [5, 5.41) is 0. The molecule has 0 aromatic carbocycles. The molecule has 0 fully saturated rings. The van der Waals surface area contributed by atoms with Crippen LogP contribution >= 0.6 is 24.8 Å². The molecule has 4 heteroatoms. The summed E-state index contributed by atoms with van der Waals surface area (Å²) in [6, 6.07) is 0. The average Bonchev–Trinajstić information content (AvgIpc) is 2.87. The SMILES string of the molecule is C[CH2][Ti](=[SiH2])([CH2]C)([C]1=C(C)C=C(C)C1C)[C]1=C(C)C=C(C)C1C.Cl.Cl. The first kappa shape index (κ1) is 24.5. The number of halogens is 2. The van der Waals surface area contributed by atoms with E-state index in [4.69, 9.17) is 0 Å². The first-order valence-electron chi connectivity index (χ1n) is 8.94. The summed E-state index contributed by atoms with van der Waals surface area (Å²) in [5.41, 5.74) is 6.34. The van der Waals surface area contributed by atoms with Crippen LogP contribution in [-0.4, -0.2) is 7.63 Å². The van der Waals surface area contributed by atoms with Crippen LogP contribution in [0.2, 0.25) is 9.45 Å². The second kappa shape index (κ2) is 8.01. The molecule has 2 unspecified atom stereocenters. The van der Waals surface area contributed by atoms with E-state index in [2.05, 4.69) is 75.2 Å². The van der Waals surface area contributed by atoms with Crippen LogP contribution in [0, 0.1) is 11.8 Å². The molecule has 0 saturated heterocycles. The minimum Gasteiger partial charge on any atom is -0.147 e. The molecule has 138 valence electrons. The van der Waals surface area contributed by atoms with E-state index < -0.39 is 14.0 Å². The summed E-state index contributed by atoms with van der Waals surface area (Å²) < 4.78 is 6.51. The topological polar surface area (TPSA) is 0 Å². The number of hydrogen-bond acceptors (Lipinski definition) is 0. The van der Waals surface area contributed by atoms with Crippen molar-refractivity contribution in [1.82, 2.24) is 0 Å². The van der Waals surface area contributed by atoms with Crippen LogP contribution < -0.4 is 0 Å². The molecule has 0 bridgehead atoms. The second-order valence-electron chi connectivity index (χ2n) is 8.06. The predicted octanol–water partition coefficient (Wildman–Crippen LogP) is 6.68. The van der Waals surface area contributed by atoms with Gasteiger partial charge in [0.25, 0.3) is 0 Å². The summed E-state index contributed by atoms with van der Waals surface area (Å²) in [6.45, 7) is 19.3. The van der Waals surface area contributed by atoms with Crippen molar-refractivity contribution in [2.75, 3.05) is 0 Å². The summed E-state index contributed by atoms with van der Waals surface area (Å²) in [4.78, 5) is 0. The minimum absolute atomic E-state index is 0. The zero-order valence-corrected chi connectivity index (χ0v) is 21.4. The quantitative estimate of drug-likeness (QED) is 0.442. The van der Waals surface area contributed by atoms with Crippen molar-refractivity contribution in [2.24, 2.45) is 11.8 Å². The Hall–Kier alpha value is 0.471. The Balaban J connectivity index is 0.00000264. The van der Waals surface area contributed by atoms with Crippen molar-refractivity contribution >= 4 is 32.4 Å². The van der Waals surface area contributed by atoms with Gasteiger partial charge in [-0.1, -0.05) is 0 Å². The normalized spacial score (nSPS) is 24.5. The van der Waals surface area contributed by atoms with Crippen molar-refractivity contribution in [3.05, 3.63) is 42.2 Å². The van der Waals surface area contributed by atoms with Crippen LogP contribution in [0.4, 0.5) is 0 Å². The fourth-order valence-electron chi connectivity index (χ4n) is 5.55. The Morgan fingerprint density at radius 3 is 1.25 bits per heavy atom. The van der Waals surface area contributed by atoms with Gasteiger partial charge in [-0.2, -0.15) is 0 Å². The van der Waals surface area contributed by atoms with Crippen molar-refractivity contribution in [1.29, 1.82) is 0 Å². The Bertz CT molecular complexity index is 647. The van der Waals surface area contributed by atoms with Crippen LogP contribution in [0.15, 0.2) is 42.2 Å². The predicted molar refractivity (Wildman–Crippen MR) is 115 cm³/mol. The monoisotopic (exact) mass is 422 g/mol. The van der Waals surface area contributed by atoms with E-state index >= 15 is 0 Å². The third-order valence-electron chi connectivity index (χ3n) is 7.09. The van der Waals surface area contributed by atoms with E-state index in [1.54, 1.807) is 22.3 Å². The van der Waals surface area contributed by atoms with Gasteiger partial charge in [0, 0.05) is 0 Å². The standard InChI is InChI=1S/2C8H11.2C2H5.2ClH.H2Si.Ti/c2*1-6-4-7(2)8(3)5-6;2*1-2;;;;/h2*4,8H,1-3H3;2*1H2,2H3;2*1H;1H2;. The Kier molecular flexibility index (Phi) is 8.17. The summed E-state index contributed by atoms with van der Waals surface area (Å²) >= 11 is -2.89. The fourth-order valence-corrected chi connectivity index (χ4v) is 21.7. The zero-order chi connectivity index (χ0) is 16.9. The summed E-state index contributed by atoms with van der Waals surface area (Å²) in [6.07, 6.45) is 4.94. The fraction of sp³-hybridized carbons (Fsp3) is 0.600. The van der Waals surface area contributed by atoms with Crippen LogP contribution in [0.5, 0.6) is 0 Å². The molecular weight excluding hydrogens is 387 g/mol. The summed E-state index contributed by atoms with van der Waals surface area (Å²) in [5.74, 6) is 1.31. The molecule has 0 N–H and O–H groups in total. The van der Waals surface area contributed by atoms with Crippen LogP contribution in [-0.2, 0) is 14.0 Å². The van der Waals surface area contributed by atoms with E-state index in [9.17, 15) is 0 Å². The van der Waals surface area contributed by atoms with E-state index in [0.717, 1.165) is 0 Å². The van der Waals surface area contributed by atoms with Gasteiger partial charge in [0.1, 0.15) is 0 Å². The molecule has 0 radical (unpaired) electrons. The average molecular weight is 423 g/mol. The molecule has 0 spiro atoms. The smallest absolute Gasteiger partial charge is 0.147 e. The molecule has 0 aromatic rings. The molecule has 0 amide bonds. The number of rotatable bonds is 4. The van der Waals surface area contributed by atoms with Gasteiger partial charge in [0.15, 0.2) is 0 Å². The molecule has 24 heavy (non-hydrogen) atoms. The van der Waals surface area contributed by atoms with Gasteiger partial charge in [0.05, 0.1) is 0 Å². The maximum Gasteiger partial charge on any atom is -0.147 e. The number of allylic oxidation sites excluding steroid dienone is 8. The molecule has 0 aliphatic heterocycles.